The van der Waals surface area contributed by atoms with Gasteiger partial charge in [0, 0.05) is 67.7 Å². The molecule has 1 fully saturated rings. The van der Waals surface area contributed by atoms with Crippen molar-refractivity contribution in [2.24, 2.45) is 13.0 Å². The van der Waals surface area contributed by atoms with E-state index in [1.54, 1.807) is 23.3 Å². The molecule has 0 amide bonds. The maximum Gasteiger partial charge on any atom is 0.211 e. The van der Waals surface area contributed by atoms with E-state index in [9.17, 15) is 13.2 Å². The average molecular weight is 414 g/mol. The first kappa shape index (κ1) is 19.7. The van der Waals surface area contributed by atoms with Gasteiger partial charge in [-0.2, -0.15) is 5.10 Å². The molecule has 3 aromatic rings. The van der Waals surface area contributed by atoms with Crippen LogP contribution in [0.2, 0.25) is 0 Å². The summed E-state index contributed by atoms with van der Waals surface area (Å²) in [5.74, 6) is 0.000399. The summed E-state index contributed by atoms with van der Waals surface area (Å²) in [7, 11) is -1.33. The number of carbonyl (C=O) groups is 1. The molecule has 8 nitrogen and oxygen atoms in total. The van der Waals surface area contributed by atoms with E-state index >= 15 is 0 Å². The van der Waals surface area contributed by atoms with Crippen molar-refractivity contribution < 1.29 is 13.2 Å². The van der Waals surface area contributed by atoms with Crippen LogP contribution < -0.4 is 0 Å². The van der Waals surface area contributed by atoms with Gasteiger partial charge in [-0.3, -0.25) is 19.4 Å². The Balaban J connectivity index is 1.48. The molecule has 1 aliphatic rings. The topological polar surface area (TPSA) is 98.1 Å². The quantitative estimate of drug-likeness (QED) is 0.633. The highest BCUT2D eigenvalue weighted by atomic mass is 32.2. The van der Waals surface area contributed by atoms with E-state index in [0.717, 1.165) is 27.7 Å². The molecule has 152 valence electrons. The number of ketones is 1. The highest BCUT2D eigenvalue weighted by Gasteiger charge is 2.28. The summed E-state index contributed by atoms with van der Waals surface area (Å²) < 4.78 is 26.4. The number of aryl methyl sites for hydroxylation is 1. The fraction of sp³-hybridized carbons (Fsp3) is 0.400. The van der Waals surface area contributed by atoms with Crippen molar-refractivity contribution in [1.29, 1.82) is 0 Å². The van der Waals surface area contributed by atoms with Crippen molar-refractivity contribution in [3.8, 4) is 11.3 Å². The summed E-state index contributed by atoms with van der Waals surface area (Å²) in [4.78, 5) is 21.6. The number of piperidine rings is 1. The summed E-state index contributed by atoms with van der Waals surface area (Å²) in [5.41, 5.74) is 2.47. The Morgan fingerprint density at radius 3 is 2.48 bits per heavy atom. The molecule has 1 saturated heterocycles. The minimum Gasteiger partial charge on any atom is -0.299 e. The van der Waals surface area contributed by atoms with Gasteiger partial charge in [-0.15, -0.1) is 0 Å². The molecule has 4 rings (SSSR count). The van der Waals surface area contributed by atoms with Crippen LogP contribution in [0.15, 0.2) is 36.9 Å². The molecule has 0 aliphatic carbocycles. The lowest BCUT2D eigenvalue weighted by Crippen LogP contribution is -2.39. The zero-order valence-corrected chi connectivity index (χ0v) is 17.3. The van der Waals surface area contributed by atoms with Gasteiger partial charge < -0.3 is 0 Å². The zero-order chi connectivity index (χ0) is 20.6. The summed E-state index contributed by atoms with van der Waals surface area (Å²) in [5, 5.41) is 6.07. The minimum absolute atomic E-state index is 0.117. The molecule has 0 radical (unpaired) electrons. The molecule has 0 bridgehead atoms. The molecule has 0 atom stereocenters. The maximum atomic E-state index is 12.7. The summed E-state index contributed by atoms with van der Waals surface area (Å²) >= 11 is 0. The standard InChI is InChI=1S/C20H23N5O3S/c1-24-13-17(12-23-24)19-8-15-7-18(21-10-16(15)11-22-19)9-20(26)14-3-5-25(6-4-14)29(2,27)28/h7-8,10-14H,3-6,9H2,1-2H3. The van der Waals surface area contributed by atoms with Crippen molar-refractivity contribution in [2.75, 3.05) is 19.3 Å². The van der Waals surface area contributed by atoms with Crippen LogP contribution in [0, 0.1) is 5.92 Å². The van der Waals surface area contributed by atoms with E-state index in [2.05, 4.69) is 15.1 Å². The number of nitrogens with zero attached hydrogens (tertiary/aromatic N) is 5. The Morgan fingerprint density at radius 2 is 1.83 bits per heavy atom. The molecule has 9 heteroatoms. The predicted octanol–water partition coefficient (Wildman–Crippen LogP) is 1.81. The van der Waals surface area contributed by atoms with Crippen molar-refractivity contribution in [2.45, 2.75) is 19.3 Å². The van der Waals surface area contributed by atoms with Crippen molar-refractivity contribution >= 4 is 26.6 Å². The van der Waals surface area contributed by atoms with Crippen LogP contribution in [0.1, 0.15) is 18.5 Å². The molecule has 0 spiro atoms. The highest BCUT2D eigenvalue weighted by Crippen LogP contribution is 2.24. The smallest absolute Gasteiger partial charge is 0.211 e. The van der Waals surface area contributed by atoms with Gasteiger partial charge in [0.25, 0.3) is 0 Å². The number of Topliss-reactive ketones (excluding diaryl/α,β-unsaturated/α-hetero) is 1. The molecular formula is C20H23N5O3S. The SMILES string of the molecule is Cn1cc(-c2cc3cc(CC(=O)C4CCN(S(C)(=O)=O)CC4)ncc3cn2)cn1. The number of fused-ring (bicyclic) bond motifs is 1. The Kier molecular flexibility index (Phi) is 5.18. The highest BCUT2D eigenvalue weighted by molar-refractivity contribution is 7.88. The van der Waals surface area contributed by atoms with Crippen LogP contribution in [0.25, 0.3) is 22.0 Å². The Labute approximate surface area is 169 Å². The minimum atomic E-state index is -3.19. The second-order valence-corrected chi connectivity index (χ2v) is 9.56. The molecule has 0 unspecified atom stereocenters. The Bertz CT molecular complexity index is 1160. The van der Waals surface area contributed by atoms with Crippen LogP contribution in [0.3, 0.4) is 0 Å². The van der Waals surface area contributed by atoms with Crippen LogP contribution in [0.4, 0.5) is 0 Å². The fourth-order valence-electron chi connectivity index (χ4n) is 3.72. The van der Waals surface area contributed by atoms with E-state index in [1.165, 1.54) is 10.6 Å². The van der Waals surface area contributed by atoms with Gasteiger partial charge in [-0.05, 0) is 30.4 Å². The van der Waals surface area contributed by atoms with E-state index < -0.39 is 10.0 Å². The molecule has 0 N–H and O–H groups in total. The van der Waals surface area contributed by atoms with Crippen LogP contribution in [-0.2, 0) is 28.3 Å². The normalized spacial score (nSPS) is 16.3. The Hall–Kier alpha value is -2.65. The van der Waals surface area contributed by atoms with E-state index in [0.29, 0.717) is 25.9 Å². The average Bonchev–Trinajstić information content (AvgIpc) is 3.13. The van der Waals surface area contributed by atoms with Gasteiger partial charge in [0.05, 0.1) is 18.1 Å². The molecule has 29 heavy (non-hydrogen) atoms. The second kappa shape index (κ2) is 7.64. The number of rotatable bonds is 5. The number of sulfonamides is 1. The molecule has 3 aromatic heterocycles. The van der Waals surface area contributed by atoms with E-state index in [4.69, 9.17) is 0 Å². The maximum absolute atomic E-state index is 12.7. The lowest BCUT2D eigenvalue weighted by molar-refractivity contribution is -0.123. The number of carbonyl (C=O) groups excluding carboxylic acids is 1. The first-order chi connectivity index (χ1) is 13.8. The largest absolute Gasteiger partial charge is 0.299 e. The van der Waals surface area contributed by atoms with Crippen LogP contribution >= 0.6 is 0 Å². The van der Waals surface area contributed by atoms with Gasteiger partial charge >= 0.3 is 0 Å². The number of hydrogen-bond acceptors (Lipinski definition) is 6. The summed E-state index contributed by atoms with van der Waals surface area (Å²) in [6, 6.07) is 3.91. The van der Waals surface area contributed by atoms with Crippen molar-refractivity contribution in [3.05, 3.63) is 42.6 Å². The van der Waals surface area contributed by atoms with Gasteiger partial charge in [-0.25, -0.2) is 12.7 Å². The monoisotopic (exact) mass is 413 g/mol. The van der Waals surface area contributed by atoms with Gasteiger partial charge in [-0.1, -0.05) is 0 Å². The Morgan fingerprint density at radius 1 is 1.10 bits per heavy atom. The zero-order valence-electron chi connectivity index (χ0n) is 16.4. The van der Waals surface area contributed by atoms with Crippen molar-refractivity contribution in [1.82, 2.24) is 24.1 Å². The predicted molar refractivity (Wildman–Crippen MR) is 110 cm³/mol. The van der Waals surface area contributed by atoms with Crippen molar-refractivity contribution in [3.63, 3.8) is 0 Å². The van der Waals surface area contributed by atoms with Gasteiger partial charge in [0.2, 0.25) is 10.0 Å². The van der Waals surface area contributed by atoms with Crippen LogP contribution in [-0.4, -0.2) is 57.6 Å². The summed E-state index contributed by atoms with van der Waals surface area (Å²) in [6.07, 6.45) is 9.78. The lowest BCUT2D eigenvalue weighted by atomic mass is 9.91. The lowest BCUT2D eigenvalue weighted by Gasteiger charge is -2.29. The first-order valence-corrected chi connectivity index (χ1v) is 11.4. The molecular weight excluding hydrogens is 390 g/mol. The molecule has 4 heterocycles. The second-order valence-electron chi connectivity index (χ2n) is 7.57. The molecule has 0 saturated carbocycles. The van der Waals surface area contributed by atoms with E-state index in [-0.39, 0.29) is 18.1 Å². The number of pyridine rings is 2. The third-order valence-corrected chi connectivity index (χ3v) is 6.70. The first-order valence-electron chi connectivity index (χ1n) is 9.51. The van der Waals surface area contributed by atoms with E-state index in [1.807, 2.05) is 25.4 Å². The summed E-state index contributed by atoms with van der Waals surface area (Å²) in [6.45, 7) is 0.807. The number of hydrogen-bond donors (Lipinski definition) is 0. The van der Waals surface area contributed by atoms with Gasteiger partial charge in [0.1, 0.15) is 5.78 Å². The number of aromatic nitrogens is 4. The van der Waals surface area contributed by atoms with Gasteiger partial charge in [0.15, 0.2) is 0 Å². The van der Waals surface area contributed by atoms with Crippen LogP contribution in [0.5, 0.6) is 0 Å². The third kappa shape index (κ3) is 4.35. The third-order valence-electron chi connectivity index (χ3n) is 5.39. The fourth-order valence-corrected chi connectivity index (χ4v) is 4.60. The molecule has 1 aliphatic heterocycles. The molecule has 0 aromatic carbocycles.